The molecule has 1 heterocycles. The number of amides is 1. The first-order chi connectivity index (χ1) is 12.4. The van der Waals surface area contributed by atoms with E-state index >= 15 is 0 Å². The zero-order valence-electron chi connectivity index (χ0n) is 13.1. The second-order valence-electron chi connectivity index (χ2n) is 5.30. The van der Waals surface area contributed by atoms with Gasteiger partial charge in [-0.15, -0.1) is 0 Å². The molecule has 1 amide bonds. The lowest BCUT2D eigenvalue weighted by Gasteiger charge is -2.05. The van der Waals surface area contributed by atoms with Crippen molar-refractivity contribution >= 4 is 17.0 Å². The van der Waals surface area contributed by atoms with Crippen molar-refractivity contribution in [1.29, 1.82) is 0 Å². The fourth-order valence-corrected chi connectivity index (χ4v) is 2.84. The lowest BCUT2D eigenvalue weighted by atomic mass is 10.1. The number of oxazole rings is 1. The van der Waals surface area contributed by atoms with Crippen LogP contribution in [0.1, 0.15) is 16.1 Å². The summed E-state index contributed by atoms with van der Waals surface area (Å²) in [6, 6.07) is 9.27. The van der Waals surface area contributed by atoms with E-state index in [0.717, 1.165) is 12.1 Å². The Kier molecular flexibility index (Phi) is 4.92. The van der Waals surface area contributed by atoms with Gasteiger partial charge in [-0.3, -0.25) is 9.00 Å². The molecule has 0 bridgehead atoms. The molecule has 3 rings (SSSR count). The van der Waals surface area contributed by atoms with Gasteiger partial charge in [-0.2, -0.15) is 0 Å². The van der Waals surface area contributed by atoms with Gasteiger partial charge in [0.15, 0.2) is 11.5 Å². The minimum absolute atomic E-state index is 0.0649. The van der Waals surface area contributed by atoms with E-state index in [-0.39, 0.29) is 17.2 Å². The van der Waals surface area contributed by atoms with Crippen LogP contribution in [0.4, 0.5) is 8.78 Å². The highest BCUT2D eigenvalue weighted by molar-refractivity contribution is 7.78. The van der Waals surface area contributed by atoms with E-state index in [2.05, 4.69) is 4.98 Å². The molecule has 3 aromatic rings. The van der Waals surface area contributed by atoms with Crippen LogP contribution in [0.15, 0.2) is 46.9 Å². The van der Waals surface area contributed by atoms with Crippen molar-refractivity contribution in [1.82, 2.24) is 4.98 Å². The summed E-state index contributed by atoms with van der Waals surface area (Å²) in [5, 5.41) is 0. The highest BCUT2D eigenvalue weighted by Gasteiger charge is 2.24. The Morgan fingerprint density at radius 3 is 2.31 bits per heavy atom. The molecule has 0 radical (unpaired) electrons. The largest absolute Gasteiger partial charge is 0.772 e. The highest BCUT2D eigenvalue weighted by atomic mass is 32.2. The lowest BCUT2D eigenvalue weighted by molar-refractivity contribution is 0.0996. The maximum absolute atomic E-state index is 13.9. The number of benzene rings is 2. The van der Waals surface area contributed by atoms with Crippen molar-refractivity contribution in [3.63, 3.8) is 0 Å². The molecule has 0 aliphatic carbocycles. The summed E-state index contributed by atoms with van der Waals surface area (Å²) in [7, 11) is 0. The molecule has 0 fully saturated rings. The van der Waals surface area contributed by atoms with Crippen LogP contribution in [0.25, 0.3) is 22.8 Å². The lowest BCUT2D eigenvalue weighted by Crippen LogP contribution is -2.12. The summed E-state index contributed by atoms with van der Waals surface area (Å²) in [6.45, 7) is 0. The van der Waals surface area contributed by atoms with Gasteiger partial charge in [0.1, 0.15) is 17.2 Å². The van der Waals surface area contributed by atoms with Gasteiger partial charge < -0.3 is 14.7 Å². The number of carbonyl (C=O) groups is 1. The van der Waals surface area contributed by atoms with Gasteiger partial charge >= 0.3 is 0 Å². The number of nitrogens with two attached hydrogens (primary N) is 1. The average Bonchev–Trinajstić information content (AvgIpc) is 3.00. The van der Waals surface area contributed by atoms with Crippen molar-refractivity contribution in [2.45, 2.75) is 5.75 Å². The minimum Gasteiger partial charge on any atom is -0.772 e. The van der Waals surface area contributed by atoms with Crippen molar-refractivity contribution in [3.8, 4) is 22.8 Å². The summed E-state index contributed by atoms with van der Waals surface area (Å²) < 4.78 is 54.8. The van der Waals surface area contributed by atoms with Gasteiger partial charge in [0, 0.05) is 11.3 Å². The zero-order valence-corrected chi connectivity index (χ0v) is 13.9. The number of primary amides is 1. The van der Waals surface area contributed by atoms with Gasteiger partial charge in [0.05, 0.1) is 0 Å². The molecule has 6 nitrogen and oxygen atoms in total. The molecule has 1 unspecified atom stereocenters. The van der Waals surface area contributed by atoms with Crippen molar-refractivity contribution in [2.24, 2.45) is 5.73 Å². The monoisotopic (exact) mass is 377 g/mol. The third kappa shape index (κ3) is 3.53. The van der Waals surface area contributed by atoms with Crippen LogP contribution in [0.2, 0.25) is 0 Å². The van der Waals surface area contributed by atoms with Gasteiger partial charge in [0.2, 0.25) is 5.89 Å². The van der Waals surface area contributed by atoms with E-state index in [1.54, 1.807) is 0 Å². The fraction of sp³-hybridized carbons (Fsp3) is 0.0588. The Morgan fingerprint density at radius 1 is 1.15 bits per heavy atom. The normalized spacial score (nSPS) is 12.1. The predicted octanol–water partition coefficient (Wildman–Crippen LogP) is 2.76. The third-order valence-electron chi connectivity index (χ3n) is 3.54. The van der Waals surface area contributed by atoms with Crippen molar-refractivity contribution in [3.05, 3.63) is 65.4 Å². The number of aromatic nitrogens is 1. The Hall–Kier alpha value is -2.91. The third-order valence-corrected chi connectivity index (χ3v) is 4.11. The Labute approximate surface area is 148 Å². The molecule has 0 saturated carbocycles. The Balaban J connectivity index is 2.09. The maximum atomic E-state index is 13.9. The molecule has 0 aliphatic rings. The summed E-state index contributed by atoms with van der Waals surface area (Å²) in [6.07, 6.45) is 0. The molecule has 2 aromatic carbocycles. The van der Waals surface area contributed by atoms with Crippen LogP contribution in [0.5, 0.6) is 0 Å². The van der Waals surface area contributed by atoms with E-state index in [1.165, 1.54) is 30.3 Å². The molecular weight excluding hydrogens is 366 g/mol. The first kappa shape index (κ1) is 17.9. The second-order valence-corrected chi connectivity index (χ2v) is 6.20. The quantitative estimate of drug-likeness (QED) is 0.688. The number of hydrogen-bond donors (Lipinski definition) is 1. The average molecular weight is 377 g/mol. The second kappa shape index (κ2) is 7.14. The Bertz CT molecular complexity index is 982. The number of rotatable bonds is 5. The molecule has 9 heteroatoms. The zero-order chi connectivity index (χ0) is 18.8. The SMILES string of the molecule is NC(=O)c1nc(-c2c(F)cccc2F)oc1-c1ccc(CS(=O)[O-])cc1. The van der Waals surface area contributed by atoms with Crippen LogP contribution in [-0.2, 0) is 16.8 Å². The fourth-order valence-electron chi connectivity index (χ4n) is 2.38. The molecule has 0 spiro atoms. The maximum Gasteiger partial charge on any atom is 0.271 e. The summed E-state index contributed by atoms with van der Waals surface area (Å²) in [5.41, 5.74) is 5.35. The topological polar surface area (TPSA) is 109 Å². The van der Waals surface area contributed by atoms with Gasteiger partial charge in [0.25, 0.3) is 5.91 Å². The standard InChI is InChI=1S/C17H12F2N2O4S/c18-11-2-1-3-12(19)13(11)17-21-14(16(20)22)15(25-17)10-6-4-9(5-7-10)8-26(23)24/h1-7H,8H2,(H2,20,22)(H,23,24)/p-1. The molecule has 2 N–H and O–H groups in total. The first-order valence-corrected chi connectivity index (χ1v) is 8.51. The number of nitrogens with zero attached hydrogens (tertiary/aromatic N) is 1. The first-order valence-electron chi connectivity index (χ1n) is 7.27. The van der Waals surface area contributed by atoms with Crippen molar-refractivity contribution in [2.75, 3.05) is 0 Å². The summed E-state index contributed by atoms with van der Waals surface area (Å²) in [5.74, 6) is -3.40. The predicted molar refractivity (Wildman–Crippen MR) is 88.4 cm³/mol. The molecule has 1 aromatic heterocycles. The van der Waals surface area contributed by atoms with Crippen LogP contribution in [0.3, 0.4) is 0 Å². The van der Waals surface area contributed by atoms with E-state index < -0.39 is 40.1 Å². The summed E-state index contributed by atoms with van der Waals surface area (Å²) in [4.78, 5) is 15.5. The molecule has 0 saturated heterocycles. The minimum atomic E-state index is -2.25. The van der Waals surface area contributed by atoms with Crippen LogP contribution >= 0.6 is 0 Å². The van der Waals surface area contributed by atoms with Gasteiger partial charge in [-0.25, -0.2) is 13.8 Å². The van der Waals surface area contributed by atoms with Gasteiger partial charge in [-0.05, 0) is 17.7 Å². The molecular formula is C17H11F2N2O4S-. The molecule has 0 aliphatic heterocycles. The summed E-state index contributed by atoms with van der Waals surface area (Å²) >= 11 is -2.25. The van der Waals surface area contributed by atoms with Crippen LogP contribution < -0.4 is 5.73 Å². The highest BCUT2D eigenvalue weighted by Crippen LogP contribution is 2.32. The Morgan fingerprint density at radius 2 is 1.77 bits per heavy atom. The van der Waals surface area contributed by atoms with Crippen LogP contribution in [-0.4, -0.2) is 19.7 Å². The molecule has 26 heavy (non-hydrogen) atoms. The molecule has 134 valence electrons. The van der Waals surface area contributed by atoms with E-state index in [0.29, 0.717) is 11.1 Å². The van der Waals surface area contributed by atoms with Crippen LogP contribution in [0, 0.1) is 11.6 Å². The number of carbonyl (C=O) groups excluding carboxylic acids is 1. The van der Waals surface area contributed by atoms with E-state index in [9.17, 15) is 22.3 Å². The number of hydrogen-bond acceptors (Lipinski definition) is 5. The van der Waals surface area contributed by atoms with Crippen molar-refractivity contribution < 1.29 is 26.8 Å². The number of halogens is 2. The smallest absolute Gasteiger partial charge is 0.271 e. The molecule has 1 atom stereocenters. The van der Waals surface area contributed by atoms with E-state index in [4.69, 9.17) is 10.2 Å². The van der Waals surface area contributed by atoms with E-state index in [1.807, 2.05) is 0 Å². The van der Waals surface area contributed by atoms with Gasteiger partial charge in [-0.1, -0.05) is 41.4 Å².